The molecule has 0 aliphatic heterocycles. The minimum absolute atomic E-state index is 0.0518. The van der Waals surface area contributed by atoms with Crippen LogP contribution in [0.25, 0.3) is 22.4 Å². The number of rotatable bonds is 12. The summed E-state index contributed by atoms with van der Waals surface area (Å²) in [5.41, 5.74) is 6.83. The molecule has 3 aromatic heterocycles. The molecule has 3 heterocycles. The van der Waals surface area contributed by atoms with Crippen molar-refractivity contribution in [1.82, 2.24) is 24.7 Å². The van der Waals surface area contributed by atoms with E-state index in [1.165, 1.54) is 32.0 Å². The van der Waals surface area contributed by atoms with E-state index in [-0.39, 0.29) is 36.9 Å². The number of halogens is 2. The quantitative estimate of drug-likeness (QED) is 0.155. The Balaban J connectivity index is 1.42. The Bertz CT molecular complexity index is 1770. The van der Waals surface area contributed by atoms with Crippen molar-refractivity contribution in [3.05, 3.63) is 78.3 Å². The maximum Gasteiger partial charge on any atom is 0.322 e. The van der Waals surface area contributed by atoms with Gasteiger partial charge in [-0.3, -0.25) is 14.5 Å². The van der Waals surface area contributed by atoms with Crippen LogP contribution in [0.5, 0.6) is 17.2 Å². The van der Waals surface area contributed by atoms with Crippen molar-refractivity contribution in [2.45, 2.75) is 19.5 Å². The molecule has 0 aliphatic rings. The SMILES string of the molecule is COc1cnccc1Nc1nc(-c2nn(Cc3c(F)cc(OCCOC(=O)[C@H](C)N)cc3F)c3ccccc23)ncc1OC. The van der Waals surface area contributed by atoms with Crippen molar-refractivity contribution in [2.75, 3.05) is 32.8 Å². The fourth-order valence-electron chi connectivity index (χ4n) is 4.31. The number of aromatic nitrogens is 5. The summed E-state index contributed by atoms with van der Waals surface area (Å²) in [5, 5.41) is 8.51. The largest absolute Gasteiger partial charge is 0.493 e. The molecule has 0 fully saturated rings. The van der Waals surface area contributed by atoms with E-state index in [1.54, 1.807) is 30.6 Å². The molecule has 12 nitrogen and oxygen atoms in total. The van der Waals surface area contributed by atoms with E-state index in [0.29, 0.717) is 39.6 Å². The van der Waals surface area contributed by atoms with Crippen LogP contribution < -0.4 is 25.3 Å². The number of esters is 1. The molecule has 1 atom stereocenters. The van der Waals surface area contributed by atoms with E-state index in [9.17, 15) is 4.79 Å². The number of ether oxygens (including phenoxy) is 4. The summed E-state index contributed by atoms with van der Waals surface area (Å²) >= 11 is 0. The maximum absolute atomic E-state index is 15.2. The number of para-hydroxylation sites is 1. The summed E-state index contributed by atoms with van der Waals surface area (Å²) in [5.74, 6) is -0.840. The Morgan fingerprint density at radius 1 is 1.05 bits per heavy atom. The van der Waals surface area contributed by atoms with Gasteiger partial charge < -0.3 is 30.0 Å². The molecule has 0 bridgehead atoms. The highest BCUT2D eigenvalue weighted by Crippen LogP contribution is 2.33. The minimum atomic E-state index is -0.827. The fraction of sp³-hybridized carbons (Fsp3) is 0.233. The highest BCUT2D eigenvalue weighted by molar-refractivity contribution is 5.92. The molecule has 0 saturated heterocycles. The predicted octanol–water partition coefficient (Wildman–Crippen LogP) is 4.24. The van der Waals surface area contributed by atoms with Crippen molar-refractivity contribution in [3.8, 4) is 28.8 Å². The van der Waals surface area contributed by atoms with Gasteiger partial charge in [-0.15, -0.1) is 0 Å². The third kappa shape index (κ3) is 6.49. The van der Waals surface area contributed by atoms with Crippen molar-refractivity contribution >= 4 is 28.4 Å². The molecular formula is C30H29F2N7O5. The average molecular weight is 606 g/mol. The first-order valence-corrected chi connectivity index (χ1v) is 13.4. The zero-order valence-electron chi connectivity index (χ0n) is 24.1. The van der Waals surface area contributed by atoms with Gasteiger partial charge in [0.1, 0.15) is 42.3 Å². The second-order valence-electron chi connectivity index (χ2n) is 9.51. The van der Waals surface area contributed by atoms with E-state index < -0.39 is 23.6 Å². The number of anilines is 2. The van der Waals surface area contributed by atoms with Gasteiger partial charge in [0.15, 0.2) is 23.1 Å². The van der Waals surface area contributed by atoms with Gasteiger partial charge in [-0.25, -0.2) is 18.7 Å². The maximum atomic E-state index is 15.2. The van der Waals surface area contributed by atoms with Crippen LogP contribution in [0, 0.1) is 11.6 Å². The number of carbonyl (C=O) groups is 1. The van der Waals surface area contributed by atoms with Gasteiger partial charge >= 0.3 is 5.97 Å². The van der Waals surface area contributed by atoms with Gasteiger partial charge in [0, 0.05) is 29.3 Å². The van der Waals surface area contributed by atoms with Crippen LogP contribution >= 0.6 is 0 Å². The molecule has 0 saturated carbocycles. The smallest absolute Gasteiger partial charge is 0.322 e. The van der Waals surface area contributed by atoms with Crippen LogP contribution in [0.2, 0.25) is 0 Å². The average Bonchev–Trinajstić information content (AvgIpc) is 3.39. The predicted molar refractivity (Wildman–Crippen MR) is 157 cm³/mol. The first-order chi connectivity index (χ1) is 21.3. The molecule has 3 N–H and O–H groups in total. The summed E-state index contributed by atoms with van der Waals surface area (Å²) in [6.07, 6.45) is 4.66. The Labute approximate surface area is 250 Å². The van der Waals surface area contributed by atoms with Gasteiger partial charge in [-0.1, -0.05) is 18.2 Å². The summed E-state index contributed by atoms with van der Waals surface area (Å²) in [4.78, 5) is 24.6. The van der Waals surface area contributed by atoms with E-state index in [2.05, 4.69) is 25.4 Å². The number of benzene rings is 2. The third-order valence-corrected chi connectivity index (χ3v) is 6.49. The molecule has 228 valence electrons. The van der Waals surface area contributed by atoms with Crippen LogP contribution in [0.15, 0.2) is 61.1 Å². The topological polar surface area (TPSA) is 149 Å². The molecule has 2 aromatic carbocycles. The van der Waals surface area contributed by atoms with Crippen LogP contribution in [-0.2, 0) is 16.1 Å². The summed E-state index contributed by atoms with van der Waals surface area (Å²) in [7, 11) is 3.02. The highest BCUT2D eigenvalue weighted by Gasteiger charge is 2.20. The first kappa shape index (κ1) is 30.1. The summed E-state index contributed by atoms with van der Waals surface area (Å²) in [6.45, 7) is 1.04. The Kier molecular flexibility index (Phi) is 9.09. The van der Waals surface area contributed by atoms with Gasteiger partial charge in [-0.2, -0.15) is 5.10 Å². The lowest BCUT2D eigenvalue weighted by molar-refractivity contribution is -0.145. The van der Waals surface area contributed by atoms with Crippen molar-refractivity contribution in [2.24, 2.45) is 5.73 Å². The van der Waals surface area contributed by atoms with Crippen molar-refractivity contribution in [1.29, 1.82) is 0 Å². The van der Waals surface area contributed by atoms with E-state index in [4.69, 9.17) is 24.7 Å². The van der Waals surface area contributed by atoms with E-state index >= 15 is 8.78 Å². The molecule has 14 heteroatoms. The zero-order chi connectivity index (χ0) is 31.2. The number of pyridine rings is 1. The third-order valence-electron chi connectivity index (χ3n) is 6.49. The highest BCUT2D eigenvalue weighted by atomic mass is 19.1. The number of nitrogens with zero attached hydrogens (tertiary/aromatic N) is 5. The zero-order valence-corrected chi connectivity index (χ0v) is 24.1. The number of fused-ring (bicyclic) bond motifs is 1. The number of nitrogens with two attached hydrogens (primary N) is 1. The molecule has 0 spiro atoms. The lowest BCUT2D eigenvalue weighted by Crippen LogP contribution is -2.29. The number of hydrogen-bond donors (Lipinski definition) is 2. The fourth-order valence-corrected chi connectivity index (χ4v) is 4.31. The van der Waals surface area contributed by atoms with Gasteiger partial charge in [0.25, 0.3) is 0 Å². The van der Waals surface area contributed by atoms with Crippen LogP contribution in [0.4, 0.5) is 20.3 Å². The lowest BCUT2D eigenvalue weighted by Gasteiger charge is -2.13. The van der Waals surface area contributed by atoms with Crippen molar-refractivity contribution < 1.29 is 32.5 Å². The second kappa shape index (κ2) is 13.3. The molecule has 0 radical (unpaired) electrons. The molecule has 0 aliphatic carbocycles. The monoisotopic (exact) mass is 605 g/mol. The number of nitrogens with one attached hydrogen (secondary N) is 1. The Morgan fingerprint density at radius 2 is 1.80 bits per heavy atom. The first-order valence-electron chi connectivity index (χ1n) is 13.4. The summed E-state index contributed by atoms with van der Waals surface area (Å²) < 4.78 is 52.9. The Morgan fingerprint density at radius 3 is 2.52 bits per heavy atom. The summed E-state index contributed by atoms with van der Waals surface area (Å²) in [6, 6.07) is 10.3. The van der Waals surface area contributed by atoms with Crippen LogP contribution in [-0.4, -0.2) is 64.2 Å². The molecule has 44 heavy (non-hydrogen) atoms. The molecule has 0 amide bonds. The Hall–Kier alpha value is -5.37. The van der Waals surface area contributed by atoms with Crippen molar-refractivity contribution in [3.63, 3.8) is 0 Å². The normalized spacial score (nSPS) is 11.7. The molecule has 5 aromatic rings. The number of methoxy groups -OCH3 is 2. The van der Waals surface area contributed by atoms with Gasteiger partial charge in [-0.05, 0) is 19.1 Å². The molecular weight excluding hydrogens is 576 g/mol. The number of carbonyl (C=O) groups excluding carboxylic acids is 1. The van der Waals surface area contributed by atoms with E-state index in [1.807, 2.05) is 12.1 Å². The van der Waals surface area contributed by atoms with Crippen LogP contribution in [0.3, 0.4) is 0 Å². The lowest BCUT2D eigenvalue weighted by atomic mass is 10.1. The van der Waals surface area contributed by atoms with Gasteiger partial charge in [0.05, 0.1) is 44.4 Å². The van der Waals surface area contributed by atoms with Crippen LogP contribution in [0.1, 0.15) is 12.5 Å². The minimum Gasteiger partial charge on any atom is -0.493 e. The second-order valence-corrected chi connectivity index (χ2v) is 9.51. The van der Waals surface area contributed by atoms with Gasteiger partial charge in [0.2, 0.25) is 0 Å². The number of hydrogen-bond acceptors (Lipinski definition) is 11. The molecule has 0 unspecified atom stereocenters. The molecule has 5 rings (SSSR count). The van der Waals surface area contributed by atoms with E-state index in [0.717, 1.165) is 12.1 Å². The standard InChI is InChI=1S/C30H29F2N7O5/c1-17(33)30(40)44-11-10-43-18-12-21(31)20(22(32)13-18)16-39-24-7-5-4-6-19(24)27(38-39)29-35-15-26(42-3)28(37-29)36-23-8-9-34-14-25(23)41-2/h4-9,12-15,17H,10-11,16,33H2,1-3H3,(H,34,35,36,37)/t17-/m0/s1.